The van der Waals surface area contributed by atoms with E-state index in [1.165, 1.54) is 25.3 Å². The lowest BCUT2D eigenvalue weighted by atomic mass is 9.96. The third kappa shape index (κ3) is 5.37. The van der Waals surface area contributed by atoms with Gasteiger partial charge in [0.25, 0.3) is 5.91 Å². The van der Waals surface area contributed by atoms with Gasteiger partial charge in [-0.15, -0.1) is 0 Å². The maximum absolute atomic E-state index is 11.9. The van der Waals surface area contributed by atoms with Gasteiger partial charge in [-0.1, -0.05) is 25.3 Å². The van der Waals surface area contributed by atoms with Crippen LogP contribution in [0, 0.1) is 0 Å². The van der Waals surface area contributed by atoms with Crippen LogP contribution in [0.3, 0.4) is 0 Å². The molecule has 136 valence electrons. The van der Waals surface area contributed by atoms with Crippen molar-refractivity contribution in [3.63, 3.8) is 0 Å². The Balaban J connectivity index is 1.79. The lowest BCUT2D eigenvalue weighted by Crippen LogP contribution is -2.46. The van der Waals surface area contributed by atoms with Crippen molar-refractivity contribution < 1.29 is 29.0 Å². The van der Waals surface area contributed by atoms with E-state index in [0.29, 0.717) is 0 Å². The summed E-state index contributed by atoms with van der Waals surface area (Å²) in [5.74, 6) is -1.89. The van der Waals surface area contributed by atoms with Gasteiger partial charge >= 0.3 is 12.0 Å². The second-order valence-electron chi connectivity index (χ2n) is 5.79. The average Bonchev–Trinajstić information content (AvgIpc) is 2.60. The fraction of sp³-hybridized carbons (Fsp3) is 0.471. The first kappa shape index (κ1) is 18.6. The monoisotopic (exact) mass is 350 g/mol. The number of imide groups is 1. The van der Waals surface area contributed by atoms with Crippen molar-refractivity contribution >= 4 is 17.9 Å². The number of carbonyl (C=O) groups excluding carboxylic acids is 3. The van der Waals surface area contributed by atoms with Gasteiger partial charge in [-0.05, 0) is 25.0 Å². The van der Waals surface area contributed by atoms with E-state index < -0.39 is 24.5 Å². The van der Waals surface area contributed by atoms with Crippen molar-refractivity contribution in [2.75, 3.05) is 13.7 Å². The zero-order valence-electron chi connectivity index (χ0n) is 14.0. The van der Waals surface area contributed by atoms with E-state index in [-0.39, 0.29) is 23.1 Å². The van der Waals surface area contributed by atoms with Gasteiger partial charge in [0, 0.05) is 6.04 Å². The molecule has 1 fully saturated rings. The van der Waals surface area contributed by atoms with Crippen LogP contribution in [0.1, 0.15) is 42.5 Å². The summed E-state index contributed by atoms with van der Waals surface area (Å²) in [6.45, 7) is -0.631. The molecule has 8 nitrogen and oxygen atoms in total. The van der Waals surface area contributed by atoms with Crippen LogP contribution in [0.5, 0.6) is 11.5 Å². The molecule has 0 atom stereocenters. The first-order valence-electron chi connectivity index (χ1n) is 8.14. The number of urea groups is 1. The molecule has 0 radical (unpaired) electrons. The zero-order chi connectivity index (χ0) is 18.2. The predicted molar refractivity (Wildman–Crippen MR) is 88.5 cm³/mol. The molecule has 25 heavy (non-hydrogen) atoms. The fourth-order valence-electron chi connectivity index (χ4n) is 2.69. The Morgan fingerprint density at radius 3 is 2.60 bits per heavy atom. The summed E-state index contributed by atoms with van der Waals surface area (Å²) >= 11 is 0. The van der Waals surface area contributed by atoms with Crippen LogP contribution >= 0.6 is 0 Å². The van der Waals surface area contributed by atoms with E-state index in [1.807, 2.05) is 0 Å². The van der Waals surface area contributed by atoms with Crippen LogP contribution in [0.2, 0.25) is 0 Å². The molecule has 2 rings (SSSR count). The van der Waals surface area contributed by atoms with E-state index in [1.54, 1.807) is 0 Å². The van der Waals surface area contributed by atoms with Crippen LogP contribution in [0.25, 0.3) is 0 Å². The summed E-state index contributed by atoms with van der Waals surface area (Å²) < 4.78 is 9.71. The quantitative estimate of drug-likeness (QED) is 0.697. The highest BCUT2D eigenvalue weighted by Gasteiger charge is 2.19. The van der Waals surface area contributed by atoms with Crippen molar-refractivity contribution in [2.45, 2.75) is 38.1 Å². The molecule has 0 heterocycles. The number of para-hydroxylation sites is 1. The highest BCUT2D eigenvalue weighted by atomic mass is 16.5. The third-order valence-electron chi connectivity index (χ3n) is 3.97. The topological polar surface area (TPSA) is 114 Å². The van der Waals surface area contributed by atoms with E-state index in [9.17, 15) is 19.5 Å². The van der Waals surface area contributed by atoms with Crippen molar-refractivity contribution in [1.82, 2.24) is 10.6 Å². The normalized spacial score (nSPS) is 14.4. The predicted octanol–water partition coefficient (Wildman–Crippen LogP) is 1.72. The minimum atomic E-state index is -0.890. The molecule has 0 unspecified atom stereocenters. The number of carbonyl (C=O) groups is 3. The lowest BCUT2D eigenvalue weighted by molar-refractivity contribution is -0.123. The molecular weight excluding hydrogens is 328 g/mol. The van der Waals surface area contributed by atoms with E-state index in [2.05, 4.69) is 10.6 Å². The van der Waals surface area contributed by atoms with E-state index >= 15 is 0 Å². The number of nitrogens with one attached hydrogen (secondary N) is 2. The smallest absolute Gasteiger partial charge is 0.342 e. The van der Waals surface area contributed by atoms with Gasteiger partial charge in [0.15, 0.2) is 18.1 Å². The number of phenolic OH excluding ortho intramolecular Hbond substituents is 1. The molecule has 0 aliphatic heterocycles. The number of hydrogen-bond acceptors (Lipinski definition) is 6. The number of amides is 3. The molecular formula is C17H22N2O6. The average molecular weight is 350 g/mol. The number of benzene rings is 1. The van der Waals surface area contributed by atoms with Gasteiger partial charge in [0.2, 0.25) is 0 Å². The number of hydrogen-bond donors (Lipinski definition) is 3. The third-order valence-corrected chi connectivity index (χ3v) is 3.97. The van der Waals surface area contributed by atoms with Crippen LogP contribution in [-0.4, -0.2) is 42.8 Å². The summed E-state index contributed by atoms with van der Waals surface area (Å²) in [5, 5.41) is 14.7. The Morgan fingerprint density at radius 1 is 1.20 bits per heavy atom. The van der Waals surface area contributed by atoms with Gasteiger partial charge in [0.05, 0.1) is 7.11 Å². The SMILES string of the molecule is COc1cccc(C(=O)OCC(=O)NC(=O)NC2CCCCC2)c1O. The summed E-state index contributed by atoms with van der Waals surface area (Å²) in [7, 11) is 1.35. The van der Waals surface area contributed by atoms with Crippen LogP contribution < -0.4 is 15.4 Å². The van der Waals surface area contributed by atoms with Crippen molar-refractivity contribution in [3.8, 4) is 11.5 Å². The molecule has 1 aromatic carbocycles. The van der Waals surface area contributed by atoms with Crippen molar-refractivity contribution in [2.24, 2.45) is 0 Å². The van der Waals surface area contributed by atoms with Gasteiger partial charge in [0.1, 0.15) is 5.56 Å². The van der Waals surface area contributed by atoms with Crippen LogP contribution in [-0.2, 0) is 9.53 Å². The number of phenols is 1. The Labute approximate surface area is 145 Å². The minimum absolute atomic E-state index is 0.0674. The van der Waals surface area contributed by atoms with Crippen LogP contribution in [0.15, 0.2) is 18.2 Å². The fourth-order valence-corrected chi connectivity index (χ4v) is 2.69. The summed E-state index contributed by atoms with van der Waals surface area (Å²) in [6.07, 6.45) is 5.06. The summed E-state index contributed by atoms with van der Waals surface area (Å²) in [6, 6.07) is 3.80. The molecule has 1 saturated carbocycles. The van der Waals surface area contributed by atoms with Gasteiger partial charge in [-0.3, -0.25) is 10.1 Å². The molecule has 0 bridgehead atoms. The molecule has 3 amide bonds. The number of methoxy groups -OCH3 is 1. The standard InChI is InChI=1S/C17H22N2O6/c1-24-13-9-5-8-12(15(13)21)16(22)25-10-14(20)19-17(23)18-11-6-3-2-4-7-11/h5,8-9,11,21H,2-4,6-7,10H2,1H3,(H2,18,19,20,23). The Bertz CT molecular complexity index is 640. The number of rotatable bonds is 5. The zero-order valence-corrected chi connectivity index (χ0v) is 14.0. The first-order valence-corrected chi connectivity index (χ1v) is 8.14. The van der Waals surface area contributed by atoms with E-state index in [4.69, 9.17) is 9.47 Å². The molecule has 0 saturated heterocycles. The first-order chi connectivity index (χ1) is 12.0. The molecule has 3 N–H and O–H groups in total. The summed E-state index contributed by atoms with van der Waals surface area (Å²) in [5.41, 5.74) is -0.126. The largest absolute Gasteiger partial charge is 0.504 e. The molecule has 0 spiro atoms. The number of ether oxygens (including phenoxy) is 2. The van der Waals surface area contributed by atoms with Crippen LogP contribution in [0.4, 0.5) is 4.79 Å². The molecule has 8 heteroatoms. The minimum Gasteiger partial charge on any atom is -0.504 e. The van der Waals surface area contributed by atoms with Gasteiger partial charge < -0.3 is 19.9 Å². The highest BCUT2D eigenvalue weighted by Crippen LogP contribution is 2.29. The molecule has 0 aromatic heterocycles. The van der Waals surface area contributed by atoms with Crippen molar-refractivity contribution in [3.05, 3.63) is 23.8 Å². The van der Waals surface area contributed by atoms with E-state index in [0.717, 1.165) is 32.1 Å². The number of esters is 1. The summed E-state index contributed by atoms with van der Waals surface area (Å²) in [4.78, 5) is 35.4. The van der Waals surface area contributed by atoms with Gasteiger partial charge in [-0.2, -0.15) is 0 Å². The second-order valence-corrected chi connectivity index (χ2v) is 5.79. The number of aromatic hydroxyl groups is 1. The van der Waals surface area contributed by atoms with Gasteiger partial charge in [-0.25, -0.2) is 9.59 Å². The molecule has 1 aliphatic rings. The maximum Gasteiger partial charge on any atom is 0.342 e. The maximum atomic E-state index is 11.9. The lowest BCUT2D eigenvalue weighted by Gasteiger charge is -2.22. The Kier molecular flexibility index (Phi) is 6.62. The second kappa shape index (κ2) is 8.91. The Morgan fingerprint density at radius 2 is 1.92 bits per heavy atom. The highest BCUT2D eigenvalue weighted by molar-refractivity contribution is 5.98. The molecule has 1 aromatic rings. The Hall–Kier alpha value is -2.77. The van der Waals surface area contributed by atoms with Crippen molar-refractivity contribution in [1.29, 1.82) is 0 Å². The molecule has 1 aliphatic carbocycles.